The quantitative estimate of drug-likeness (QED) is 0.394. The number of benzene rings is 2. The fraction of sp³-hybridized carbons (Fsp3) is 0. The Hall–Kier alpha value is -2.32. The summed E-state index contributed by atoms with van der Waals surface area (Å²) < 4.78 is 4.69. The molecule has 27 heavy (non-hydrogen) atoms. The second kappa shape index (κ2) is 7.36. The highest BCUT2D eigenvalue weighted by molar-refractivity contribution is 6.44. The minimum Gasteiger partial charge on any atom is -0.336 e. The van der Waals surface area contributed by atoms with Crippen molar-refractivity contribution in [1.29, 1.82) is 0 Å². The summed E-state index contributed by atoms with van der Waals surface area (Å²) >= 11 is 24.6. The molecular formula is C16H8Cl4N6O. The number of hydrogen-bond donors (Lipinski definition) is 2. The van der Waals surface area contributed by atoms with Crippen LogP contribution >= 0.6 is 46.4 Å². The molecule has 2 heterocycles. The molecule has 0 saturated heterocycles. The zero-order chi connectivity index (χ0) is 19.0. The van der Waals surface area contributed by atoms with Crippen molar-refractivity contribution in [1.82, 2.24) is 20.3 Å². The van der Waals surface area contributed by atoms with Gasteiger partial charge < -0.3 is 10.6 Å². The molecule has 0 aliphatic rings. The molecule has 4 rings (SSSR count). The molecule has 0 atom stereocenters. The molecule has 0 spiro atoms. The highest BCUT2D eigenvalue weighted by Crippen LogP contribution is 2.36. The van der Waals surface area contributed by atoms with Gasteiger partial charge in [-0.05, 0) is 34.6 Å². The third kappa shape index (κ3) is 3.59. The Morgan fingerprint density at radius 2 is 1.11 bits per heavy atom. The summed E-state index contributed by atoms with van der Waals surface area (Å²) in [6.45, 7) is 0. The standard InChI is InChI=1S/C16H8Cl4N6O/c17-7-3-1-5-9(11(7)19)21-13-14(24-16-15(23-13)25-27-26-16)22-10-6-2-4-8(18)12(10)20/h1-6H,(H,21,23,25)(H,22,24,26). The average molecular weight is 442 g/mol. The molecule has 0 amide bonds. The van der Waals surface area contributed by atoms with Gasteiger partial charge in [-0.2, -0.15) is 0 Å². The lowest BCUT2D eigenvalue weighted by atomic mass is 10.3. The highest BCUT2D eigenvalue weighted by atomic mass is 35.5. The zero-order valence-electron chi connectivity index (χ0n) is 13.2. The van der Waals surface area contributed by atoms with Gasteiger partial charge in [-0.3, -0.25) is 0 Å². The van der Waals surface area contributed by atoms with E-state index in [2.05, 4.69) is 35.5 Å². The summed E-state index contributed by atoms with van der Waals surface area (Å²) in [6, 6.07) is 10.4. The SMILES string of the molecule is Clc1cccc(Nc2nc3nonc3nc2Nc2cccc(Cl)c2Cl)c1Cl. The van der Waals surface area contributed by atoms with Crippen LogP contribution in [-0.4, -0.2) is 20.3 Å². The van der Waals surface area contributed by atoms with Gasteiger partial charge in [0, 0.05) is 0 Å². The number of rotatable bonds is 4. The molecule has 2 N–H and O–H groups in total. The Kier molecular flexibility index (Phi) is 4.92. The first kappa shape index (κ1) is 18.1. The fourth-order valence-corrected chi connectivity index (χ4v) is 2.96. The molecule has 0 bridgehead atoms. The summed E-state index contributed by atoms with van der Waals surface area (Å²) in [4.78, 5) is 8.74. The van der Waals surface area contributed by atoms with Crippen molar-refractivity contribution >= 4 is 80.7 Å². The summed E-state index contributed by atoms with van der Waals surface area (Å²) in [5.74, 6) is 0.636. The normalized spacial score (nSPS) is 11.0. The third-order valence-corrected chi connectivity index (χ3v) is 5.16. The molecule has 2 aromatic carbocycles. The number of nitrogens with zero attached hydrogens (tertiary/aromatic N) is 4. The van der Waals surface area contributed by atoms with Crippen LogP contribution in [0.4, 0.5) is 23.0 Å². The van der Waals surface area contributed by atoms with Crippen LogP contribution < -0.4 is 10.6 Å². The van der Waals surface area contributed by atoms with E-state index in [0.717, 1.165) is 0 Å². The minimum atomic E-state index is 0.221. The van der Waals surface area contributed by atoms with Gasteiger partial charge in [0.05, 0.1) is 31.5 Å². The van der Waals surface area contributed by atoms with Gasteiger partial charge in [0.1, 0.15) is 0 Å². The van der Waals surface area contributed by atoms with E-state index in [-0.39, 0.29) is 11.3 Å². The maximum absolute atomic E-state index is 6.25. The van der Waals surface area contributed by atoms with E-state index < -0.39 is 0 Å². The van der Waals surface area contributed by atoms with E-state index in [1.54, 1.807) is 36.4 Å². The van der Waals surface area contributed by atoms with Crippen LogP contribution in [0.2, 0.25) is 20.1 Å². The van der Waals surface area contributed by atoms with E-state index in [4.69, 9.17) is 46.4 Å². The largest absolute Gasteiger partial charge is 0.336 e. The zero-order valence-corrected chi connectivity index (χ0v) is 16.2. The lowest BCUT2D eigenvalue weighted by Crippen LogP contribution is -2.04. The predicted octanol–water partition coefficient (Wildman–Crippen LogP) is 6.11. The molecule has 0 saturated carbocycles. The first-order valence-corrected chi connectivity index (χ1v) is 8.96. The van der Waals surface area contributed by atoms with Crippen LogP contribution in [0.1, 0.15) is 0 Å². The molecule has 136 valence electrons. The molecule has 0 unspecified atom stereocenters. The third-order valence-electron chi connectivity index (χ3n) is 3.52. The number of hydrogen-bond acceptors (Lipinski definition) is 7. The van der Waals surface area contributed by atoms with Crippen molar-refractivity contribution in [3.63, 3.8) is 0 Å². The Balaban J connectivity index is 1.80. The van der Waals surface area contributed by atoms with Crippen molar-refractivity contribution in [3.05, 3.63) is 56.5 Å². The smallest absolute Gasteiger partial charge is 0.245 e. The first-order valence-electron chi connectivity index (χ1n) is 7.45. The van der Waals surface area contributed by atoms with Gasteiger partial charge in [0.15, 0.2) is 11.6 Å². The number of halogens is 4. The van der Waals surface area contributed by atoms with Crippen molar-refractivity contribution < 1.29 is 4.63 Å². The Morgan fingerprint density at radius 3 is 1.56 bits per heavy atom. The summed E-state index contributed by atoms with van der Waals surface area (Å²) in [6.07, 6.45) is 0. The van der Waals surface area contributed by atoms with Gasteiger partial charge in [0.25, 0.3) is 0 Å². The maximum atomic E-state index is 6.25. The molecule has 11 heteroatoms. The number of nitrogens with one attached hydrogen (secondary N) is 2. The van der Waals surface area contributed by atoms with Crippen LogP contribution in [0.25, 0.3) is 11.3 Å². The number of fused-ring (bicyclic) bond motifs is 1. The second-order valence-electron chi connectivity index (χ2n) is 5.29. The first-order chi connectivity index (χ1) is 13.0. The van der Waals surface area contributed by atoms with E-state index >= 15 is 0 Å². The number of anilines is 4. The molecular weight excluding hydrogens is 434 g/mol. The van der Waals surface area contributed by atoms with E-state index in [0.29, 0.717) is 43.1 Å². The molecule has 0 radical (unpaired) electrons. The lowest BCUT2D eigenvalue weighted by molar-refractivity contribution is 0.314. The van der Waals surface area contributed by atoms with Crippen molar-refractivity contribution in [2.75, 3.05) is 10.6 Å². The van der Waals surface area contributed by atoms with Crippen LogP contribution in [0.3, 0.4) is 0 Å². The monoisotopic (exact) mass is 440 g/mol. The van der Waals surface area contributed by atoms with Crippen LogP contribution in [0, 0.1) is 0 Å². The molecule has 7 nitrogen and oxygen atoms in total. The topological polar surface area (TPSA) is 88.8 Å². The van der Waals surface area contributed by atoms with Crippen LogP contribution in [-0.2, 0) is 0 Å². The maximum Gasteiger partial charge on any atom is 0.245 e. The van der Waals surface area contributed by atoms with Gasteiger partial charge in [0.2, 0.25) is 11.3 Å². The Bertz CT molecular complexity index is 1060. The van der Waals surface area contributed by atoms with Gasteiger partial charge in [-0.15, -0.1) is 0 Å². The lowest BCUT2D eigenvalue weighted by Gasteiger charge is -2.14. The molecule has 4 aromatic rings. The molecule has 0 aliphatic heterocycles. The van der Waals surface area contributed by atoms with E-state index in [1.807, 2.05) is 0 Å². The molecule has 2 aromatic heterocycles. The van der Waals surface area contributed by atoms with Crippen molar-refractivity contribution in [2.24, 2.45) is 0 Å². The van der Waals surface area contributed by atoms with Gasteiger partial charge in [-0.25, -0.2) is 14.6 Å². The summed E-state index contributed by atoms with van der Waals surface area (Å²) in [5, 5.41) is 15.0. The predicted molar refractivity (Wildman–Crippen MR) is 107 cm³/mol. The Morgan fingerprint density at radius 1 is 0.667 bits per heavy atom. The minimum absolute atomic E-state index is 0.221. The molecule has 0 aliphatic carbocycles. The van der Waals surface area contributed by atoms with Crippen LogP contribution in [0.15, 0.2) is 41.0 Å². The van der Waals surface area contributed by atoms with Crippen LogP contribution in [0.5, 0.6) is 0 Å². The van der Waals surface area contributed by atoms with Gasteiger partial charge in [-0.1, -0.05) is 58.5 Å². The van der Waals surface area contributed by atoms with Gasteiger partial charge >= 0.3 is 0 Å². The number of aromatic nitrogens is 4. The average Bonchev–Trinajstić information content (AvgIpc) is 3.10. The van der Waals surface area contributed by atoms with E-state index in [1.165, 1.54) is 0 Å². The highest BCUT2D eigenvalue weighted by Gasteiger charge is 2.16. The summed E-state index contributed by atoms with van der Waals surface area (Å²) in [7, 11) is 0. The fourth-order valence-electron chi connectivity index (χ4n) is 2.27. The van der Waals surface area contributed by atoms with Crippen molar-refractivity contribution in [2.45, 2.75) is 0 Å². The Labute approximate surface area is 172 Å². The second-order valence-corrected chi connectivity index (χ2v) is 6.86. The molecule has 0 fully saturated rings. The van der Waals surface area contributed by atoms with E-state index in [9.17, 15) is 0 Å². The summed E-state index contributed by atoms with van der Waals surface area (Å²) in [5.41, 5.74) is 1.51. The van der Waals surface area contributed by atoms with Crippen molar-refractivity contribution in [3.8, 4) is 0 Å².